The van der Waals surface area contributed by atoms with Crippen LogP contribution >= 0.6 is 45.8 Å². The van der Waals surface area contributed by atoms with E-state index in [1.807, 2.05) is 26.0 Å². The van der Waals surface area contributed by atoms with Gasteiger partial charge in [0.25, 0.3) is 5.91 Å². The molecule has 0 aliphatic carbocycles. The zero-order chi connectivity index (χ0) is 22.5. The third kappa shape index (κ3) is 5.64. The van der Waals surface area contributed by atoms with Gasteiger partial charge in [-0.25, -0.2) is 4.79 Å². The van der Waals surface area contributed by atoms with Crippen LogP contribution in [0.25, 0.3) is 6.08 Å². The molecule has 2 aromatic rings. The lowest BCUT2D eigenvalue weighted by atomic mass is 10.1. The molecular weight excluding hydrogens is 554 g/mol. The summed E-state index contributed by atoms with van der Waals surface area (Å²) in [6.07, 6.45) is 2.34. The highest BCUT2D eigenvalue weighted by Crippen LogP contribution is 2.36. The second-order valence-corrected chi connectivity index (χ2v) is 8.74. The van der Waals surface area contributed by atoms with Gasteiger partial charge in [0.2, 0.25) is 0 Å². The number of halogens is 3. The Kier molecular flexibility index (Phi) is 8.07. The Morgan fingerprint density at radius 3 is 2.58 bits per heavy atom. The van der Waals surface area contributed by atoms with Crippen molar-refractivity contribution in [3.05, 3.63) is 60.8 Å². The smallest absolute Gasteiger partial charge is 0.329 e. The van der Waals surface area contributed by atoms with Crippen molar-refractivity contribution in [2.24, 2.45) is 0 Å². The maximum Gasteiger partial charge on any atom is 0.329 e. The third-order valence-electron chi connectivity index (χ3n) is 4.44. The molecule has 1 fully saturated rings. The third-order valence-corrected chi connectivity index (χ3v) is 5.83. The number of benzene rings is 2. The fourth-order valence-corrected chi connectivity index (χ4v) is 4.27. The van der Waals surface area contributed by atoms with Crippen LogP contribution in [0.1, 0.15) is 31.4 Å². The van der Waals surface area contributed by atoms with E-state index in [4.69, 9.17) is 32.7 Å². The molecule has 31 heavy (non-hydrogen) atoms. The van der Waals surface area contributed by atoms with Crippen molar-refractivity contribution in [3.8, 4) is 11.5 Å². The van der Waals surface area contributed by atoms with Gasteiger partial charge in [0.1, 0.15) is 12.3 Å². The summed E-state index contributed by atoms with van der Waals surface area (Å²) in [6.45, 7) is 4.85. The maximum absolute atomic E-state index is 12.5. The highest BCUT2D eigenvalue weighted by atomic mass is 127. The number of imide groups is 1. The Hall–Kier alpha value is -1.97. The highest BCUT2D eigenvalue weighted by molar-refractivity contribution is 14.1. The summed E-state index contributed by atoms with van der Waals surface area (Å²) in [6, 6.07) is 8.46. The van der Waals surface area contributed by atoms with Crippen molar-refractivity contribution in [1.29, 1.82) is 0 Å². The molecule has 0 unspecified atom stereocenters. The molecule has 1 aliphatic rings. The lowest BCUT2D eigenvalue weighted by Gasteiger charge is -2.15. The number of nitrogens with zero attached hydrogens (tertiary/aromatic N) is 1. The summed E-state index contributed by atoms with van der Waals surface area (Å²) in [4.78, 5) is 25.7. The average Bonchev–Trinajstić information content (AvgIpc) is 2.96. The predicted molar refractivity (Wildman–Crippen MR) is 130 cm³/mol. The Bertz CT molecular complexity index is 1040. The molecule has 3 rings (SSSR count). The Morgan fingerprint density at radius 1 is 1.13 bits per heavy atom. The monoisotopic (exact) mass is 574 g/mol. The van der Waals surface area contributed by atoms with Gasteiger partial charge in [-0.1, -0.05) is 36.2 Å². The molecule has 1 saturated heterocycles. The Balaban J connectivity index is 1.86. The summed E-state index contributed by atoms with van der Waals surface area (Å²) >= 11 is 14.3. The number of hydrogen-bond donors (Lipinski definition) is 1. The number of carbonyl (C=O) groups excluding carboxylic acids is 2. The van der Waals surface area contributed by atoms with Crippen LogP contribution in [-0.2, 0) is 11.4 Å². The number of nitrogens with one attached hydrogen (secondary N) is 1. The van der Waals surface area contributed by atoms with Gasteiger partial charge in [-0.2, -0.15) is 0 Å². The minimum absolute atomic E-state index is 0.235. The average molecular weight is 575 g/mol. The van der Waals surface area contributed by atoms with Crippen LogP contribution in [0.5, 0.6) is 11.5 Å². The molecule has 164 valence electrons. The SMILES string of the molecule is CCCN1C(=O)N/C(=C/c2cc(I)c(OCc3ccc(Cl)cc3Cl)c(OCC)c2)C1=O. The fraction of sp³-hybridized carbons (Fsp3) is 0.273. The van der Waals surface area contributed by atoms with Crippen molar-refractivity contribution in [3.63, 3.8) is 0 Å². The first kappa shape index (κ1) is 23.7. The second kappa shape index (κ2) is 10.6. The topological polar surface area (TPSA) is 67.9 Å². The van der Waals surface area contributed by atoms with E-state index in [1.54, 1.807) is 24.3 Å². The molecule has 0 atom stereocenters. The second-order valence-electron chi connectivity index (χ2n) is 6.73. The molecule has 9 heteroatoms. The van der Waals surface area contributed by atoms with Crippen LogP contribution in [0, 0.1) is 3.57 Å². The predicted octanol–water partition coefficient (Wildman–Crippen LogP) is 5.88. The van der Waals surface area contributed by atoms with Crippen molar-refractivity contribution in [1.82, 2.24) is 10.2 Å². The minimum Gasteiger partial charge on any atom is -0.490 e. The molecule has 0 saturated carbocycles. The minimum atomic E-state index is -0.405. The van der Waals surface area contributed by atoms with Crippen LogP contribution in [0.2, 0.25) is 10.0 Å². The summed E-state index contributed by atoms with van der Waals surface area (Å²) in [5.74, 6) is 0.774. The van der Waals surface area contributed by atoms with E-state index in [-0.39, 0.29) is 18.2 Å². The van der Waals surface area contributed by atoms with E-state index in [0.717, 1.165) is 9.13 Å². The molecule has 0 radical (unpaired) electrons. The van der Waals surface area contributed by atoms with E-state index in [2.05, 4.69) is 27.9 Å². The van der Waals surface area contributed by atoms with Crippen molar-refractivity contribution >= 4 is 63.8 Å². The molecule has 0 aromatic heterocycles. The maximum atomic E-state index is 12.5. The van der Waals surface area contributed by atoms with Gasteiger partial charge in [0.05, 0.1) is 10.2 Å². The molecule has 3 amide bonds. The number of carbonyl (C=O) groups is 2. The van der Waals surface area contributed by atoms with Crippen LogP contribution < -0.4 is 14.8 Å². The van der Waals surface area contributed by atoms with E-state index in [9.17, 15) is 9.59 Å². The summed E-state index contributed by atoms with van der Waals surface area (Å²) in [5.41, 5.74) is 1.75. The molecule has 1 N–H and O–H groups in total. The van der Waals surface area contributed by atoms with Crippen molar-refractivity contribution < 1.29 is 19.1 Å². The number of hydrogen-bond acceptors (Lipinski definition) is 4. The molecule has 1 aliphatic heterocycles. The van der Waals surface area contributed by atoms with Crippen LogP contribution in [-0.4, -0.2) is 30.0 Å². The van der Waals surface area contributed by atoms with Crippen molar-refractivity contribution in [2.45, 2.75) is 26.9 Å². The van der Waals surface area contributed by atoms with E-state index < -0.39 is 6.03 Å². The number of ether oxygens (including phenoxy) is 2. The van der Waals surface area contributed by atoms with Crippen LogP contribution in [0.3, 0.4) is 0 Å². The lowest BCUT2D eigenvalue weighted by Crippen LogP contribution is -2.31. The van der Waals surface area contributed by atoms with Crippen LogP contribution in [0.4, 0.5) is 4.79 Å². The Labute approximate surface area is 204 Å². The normalized spacial score (nSPS) is 14.9. The van der Waals surface area contributed by atoms with Gasteiger partial charge in [-0.05, 0) is 71.8 Å². The molecule has 2 aromatic carbocycles. The first-order chi connectivity index (χ1) is 14.8. The number of urea groups is 1. The van der Waals surface area contributed by atoms with Gasteiger partial charge in [0.15, 0.2) is 11.5 Å². The van der Waals surface area contributed by atoms with Gasteiger partial charge < -0.3 is 14.8 Å². The van der Waals surface area contributed by atoms with Gasteiger partial charge >= 0.3 is 6.03 Å². The van der Waals surface area contributed by atoms with Gasteiger partial charge in [-0.15, -0.1) is 0 Å². The zero-order valence-electron chi connectivity index (χ0n) is 17.0. The molecular formula is C22H21Cl2IN2O4. The van der Waals surface area contributed by atoms with E-state index in [1.165, 1.54) is 4.90 Å². The summed E-state index contributed by atoms with van der Waals surface area (Å²) < 4.78 is 12.6. The highest BCUT2D eigenvalue weighted by Gasteiger charge is 2.32. The van der Waals surface area contributed by atoms with Gasteiger partial charge in [0, 0.05) is 22.2 Å². The van der Waals surface area contributed by atoms with Crippen molar-refractivity contribution in [2.75, 3.05) is 13.2 Å². The standard InChI is InChI=1S/C22H21Cl2IN2O4/c1-3-7-27-21(28)18(26-22(27)29)9-13-8-17(25)20(19(10-13)30-4-2)31-12-14-5-6-15(23)11-16(14)24/h5-6,8-11H,3-4,7,12H2,1-2H3,(H,26,29)/b18-9+. The molecule has 0 spiro atoms. The zero-order valence-corrected chi connectivity index (χ0v) is 20.7. The van der Waals surface area contributed by atoms with Gasteiger partial charge in [-0.3, -0.25) is 9.69 Å². The molecule has 1 heterocycles. The lowest BCUT2D eigenvalue weighted by molar-refractivity contribution is -0.122. The first-order valence-electron chi connectivity index (χ1n) is 9.71. The largest absolute Gasteiger partial charge is 0.490 e. The van der Waals surface area contributed by atoms with E-state index in [0.29, 0.717) is 46.7 Å². The fourth-order valence-electron chi connectivity index (χ4n) is 3.03. The quantitative estimate of drug-likeness (QED) is 0.243. The van der Waals surface area contributed by atoms with E-state index >= 15 is 0 Å². The Morgan fingerprint density at radius 2 is 1.90 bits per heavy atom. The molecule has 6 nitrogen and oxygen atoms in total. The first-order valence-corrected chi connectivity index (χ1v) is 11.5. The number of amides is 3. The number of rotatable bonds is 8. The molecule has 0 bridgehead atoms. The summed E-state index contributed by atoms with van der Waals surface area (Å²) in [5, 5.41) is 3.71. The van der Waals surface area contributed by atoms with Crippen LogP contribution in [0.15, 0.2) is 36.0 Å². The summed E-state index contributed by atoms with van der Waals surface area (Å²) in [7, 11) is 0.